The van der Waals surface area contributed by atoms with Crippen molar-refractivity contribution in [1.82, 2.24) is 4.98 Å². The minimum atomic E-state index is 0.542. The van der Waals surface area contributed by atoms with Crippen LogP contribution in [0.25, 0.3) is 0 Å². The van der Waals surface area contributed by atoms with Gasteiger partial charge in [-0.05, 0) is 38.7 Å². The predicted molar refractivity (Wildman–Crippen MR) is 73.7 cm³/mol. The highest BCUT2D eigenvalue weighted by atomic mass is 35.5. The van der Waals surface area contributed by atoms with Gasteiger partial charge in [-0.25, -0.2) is 0 Å². The Morgan fingerprint density at radius 1 is 1.47 bits per heavy atom. The zero-order valence-corrected chi connectivity index (χ0v) is 11.7. The van der Waals surface area contributed by atoms with Crippen molar-refractivity contribution in [1.29, 1.82) is 0 Å². The number of hydrogen-bond acceptors (Lipinski definition) is 2. The molecule has 1 fully saturated rings. The lowest BCUT2D eigenvalue weighted by atomic mass is 9.91. The summed E-state index contributed by atoms with van der Waals surface area (Å²) in [7, 11) is 0. The number of alkyl halides is 1. The molecule has 2 atom stereocenters. The van der Waals surface area contributed by atoms with E-state index >= 15 is 0 Å². The average molecular weight is 253 g/mol. The molecule has 2 heterocycles. The van der Waals surface area contributed by atoms with Crippen molar-refractivity contribution in [3.63, 3.8) is 0 Å². The second kappa shape index (κ2) is 5.26. The molecule has 0 N–H and O–H groups in total. The smallest absolute Gasteiger partial charge is 0.0509 e. The van der Waals surface area contributed by atoms with E-state index in [0.717, 1.165) is 23.7 Å². The van der Waals surface area contributed by atoms with Crippen LogP contribution in [0.5, 0.6) is 0 Å². The van der Waals surface area contributed by atoms with Gasteiger partial charge in [-0.1, -0.05) is 6.92 Å². The molecular formula is C14H21ClN2. The van der Waals surface area contributed by atoms with Crippen molar-refractivity contribution in [3.8, 4) is 0 Å². The fourth-order valence-electron chi connectivity index (χ4n) is 2.62. The topological polar surface area (TPSA) is 16.1 Å². The van der Waals surface area contributed by atoms with Crippen LogP contribution in [0.1, 0.15) is 37.9 Å². The normalized spacial score (nSPS) is 25.1. The summed E-state index contributed by atoms with van der Waals surface area (Å²) in [5, 5.41) is 0. The first kappa shape index (κ1) is 12.7. The molecule has 1 aliphatic heterocycles. The molecule has 2 unspecified atom stereocenters. The van der Waals surface area contributed by atoms with Crippen LogP contribution < -0.4 is 4.90 Å². The van der Waals surface area contributed by atoms with Gasteiger partial charge in [-0.15, -0.1) is 11.6 Å². The number of nitrogens with zero attached hydrogens (tertiary/aromatic N) is 2. The van der Waals surface area contributed by atoms with Crippen molar-refractivity contribution in [3.05, 3.63) is 23.5 Å². The molecule has 0 amide bonds. The number of pyridine rings is 1. The van der Waals surface area contributed by atoms with E-state index < -0.39 is 0 Å². The minimum absolute atomic E-state index is 0.542. The Hall–Kier alpha value is -0.760. The molecule has 0 aromatic carbocycles. The number of aromatic nitrogens is 1. The van der Waals surface area contributed by atoms with Gasteiger partial charge in [0.05, 0.1) is 5.88 Å². The highest BCUT2D eigenvalue weighted by Crippen LogP contribution is 2.31. The number of rotatable bonds is 2. The molecule has 0 saturated carbocycles. The Morgan fingerprint density at radius 3 is 2.94 bits per heavy atom. The van der Waals surface area contributed by atoms with Gasteiger partial charge < -0.3 is 4.90 Å². The zero-order chi connectivity index (χ0) is 12.4. The first-order valence-electron chi connectivity index (χ1n) is 6.41. The first-order chi connectivity index (χ1) is 8.13. The lowest BCUT2D eigenvalue weighted by molar-refractivity contribution is 0.363. The van der Waals surface area contributed by atoms with Crippen LogP contribution in [0.15, 0.2) is 12.3 Å². The Balaban J connectivity index is 2.34. The summed E-state index contributed by atoms with van der Waals surface area (Å²) in [5.74, 6) is 1.29. The van der Waals surface area contributed by atoms with Gasteiger partial charge >= 0.3 is 0 Å². The van der Waals surface area contributed by atoms with E-state index in [1.807, 2.05) is 13.1 Å². The number of anilines is 1. The van der Waals surface area contributed by atoms with Gasteiger partial charge in [0.25, 0.3) is 0 Å². The summed E-state index contributed by atoms with van der Waals surface area (Å²) in [4.78, 5) is 6.84. The molecule has 3 heteroatoms. The maximum Gasteiger partial charge on any atom is 0.0509 e. The van der Waals surface area contributed by atoms with E-state index in [1.165, 1.54) is 18.5 Å². The van der Waals surface area contributed by atoms with Crippen LogP contribution in [-0.2, 0) is 5.88 Å². The monoisotopic (exact) mass is 252 g/mol. The molecular weight excluding hydrogens is 232 g/mol. The van der Waals surface area contributed by atoms with E-state index in [4.69, 9.17) is 11.6 Å². The quantitative estimate of drug-likeness (QED) is 0.746. The molecule has 1 saturated heterocycles. The Bertz CT molecular complexity index is 392. The Morgan fingerprint density at radius 2 is 2.24 bits per heavy atom. The minimum Gasteiger partial charge on any atom is -0.368 e. The molecule has 94 valence electrons. The third-order valence-corrected chi connectivity index (χ3v) is 4.21. The van der Waals surface area contributed by atoms with E-state index in [9.17, 15) is 0 Å². The molecule has 1 aliphatic rings. The molecule has 0 aliphatic carbocycles. The Labute approximate surface area is 109 Å². The van der Waals surface area contributed by atoms with Crippen LogP contribution in [0.3, 0.4) is 0 Å². The van der Waals surface area contributed by atoms with Crippen LogP contribution >= 0.6 is 11.6 Å². The van der Waals surface area contributed by atoms with Gasteiger partial charge in [0.2, 0.25) is 0 Å². The highest BCUT2D eigenvalue weighted by molar-refractivity contribution is 6.17. The van der Waals surface area contributed by atoms with Crippen LogP contribution in [-0.4, -0.2) is 17.6 Å². The maximum absolute atomic E-state index is 6.02. The van der Waals surface area contributed by atoms with Crippen LogP contribution in [0, 0.1) is 12.8 Å². The standard InChI is InChI=1S/C14H21ClN2/c1-10-5-4-6-17(12(10)3)14-7-11(2)16-9-13(14)8-15/h7,9-10,12H,4-6,8H2,1-3H3. The van der Waals surface area contributed by atoms with E-state index in [1.54, 1.807) is 0 Å². The van der Waals surface area contributed by atoms with Gasteiger partial charge in [-0.2, -0.15) is 0 Å². The molecule has 1 aromatic rings. The second-order valence-electron chi connectivity index (χ2n) is 5.14. The average Bonchev–Trinajstić information content (AvgIpc) is 2.33. The van der Waals surface area contributed by atoms with Gasteiger partial charge in [0, 0.05) is 35.7 Å². The van der Waals surface area contributed by atoms with E-state index in [0.29, 0.717) is 11.9 Å². The molecule has 0 radical (unpaired) electrons. The maximum atomic E-state index is 6.02. The molecule has 17 heavy (non-hydrogen) atoms. The molecule has 1 aromatic heterocycles. The van der Waals surface area contributed by atoms with Crippen molar-refractivity contribution in [2.24, 2.45) is 5.92 Å². The Kier molecular flexibility index (Phi) is 3.93. The van der Waals surface area contributed by atoms with Gasteiger partial charge in [0.1, 0.15) is 0 Å². The van der Waals surface area contributed by atoms with E-state index in [2.05, 4.69) is 29.8 Å². The third kappa shape index (κ3) is 2.57. The molecule has 0 spiro atoms. The second-order valence-corrected chi connectivity index (χ2v) is 5.41. The summed E-state index contributed by atoms with van der Waals surface area (Å²) < 4.78 is 0. The SMILES string of the molecule is Cc1cc(N2CCCC(C)C2C)c(CCl)cn1. The number of halogens is 1. The van der Waals surface area contributed by atoms with Crippen LogP contribution in [0.4, 0.5) is 5.69 Å². The van der Waals surface area contributed by atoms with Crippen molar-refractivity contribution >= 4 is 17.3 Å². The van der Waals surface area contributed by atoms with Crippen molar-refractivity contribution < 1.29 is 0 Å². The first-order valence-corrected chi connectivity index (χ1v) is 6.95. The van der Waals surface area contributed by atoms with Gasteiger partial charge in [0.15, 0.2) is 0 Å². The highest BCUT2D eigenvalue weighted by Gasteiger charge is 2.26. The summed E-state index contributed by atoms with van der Waals surface area (Å²) >= 11 is 6.02. The fourth-order valence-corrected chi connectivity index (χ4v) is 2.83. The van der Waals surface area contributed by atoms with Gasteiger partial charge in [-0.3, -0.25) is 4.98 Å². The summed E-state index contributed by atoms with van der Waals surface area (Å²) in [6.07, 6.45) is 4.52. The zero-order valence-electron chi connectivity index (χ0n) is 10.9. The predicted octanol–water partition coefficient (Wildman–Crippen LogP) is 3.75. The number of piperidine rings is 1. The lowest BCUT2D eigenvalue weighted by Gasteiger charge is -2.40. The summed E-state index contributed by atoms with van der Waals surface area (Å²) in [6, 6.07) is 2.76. The van der Waals surface area contributed by atoms with Crippen LogP contribution in [0.2, 0.25) is 0 Å². The molecule has 2 nitrogen and oxygen atoms in total. The summed E-state index contributed by atoms with van der Waals surface area (Å²) in [6.45, 7) is 7.83. The largest absolute Gasteiger partial charge is 0.368 e. The lowest BCUT2D eigenvalue weighted by Crippen LogP contribution is -2.43. The van der Waals surface area contributed by atoms with E-state index in [-0.39, 0.29) is 0 Å². The third-order valence-electron chi connectivity index (χ3n) is 3.93. The number of hydrogen-bond donors (Lipinski definition) is 0. The molecule has 2 rings (SSSR count). The van der Waals surface area contributed by atoms with Crippen molar-refractivity contribution in [2.75, 3.05) is 11.4 Å². The fraction of sp³-hybridized carbons (Fsp3) is 0.643. The van der Waals surface area contributed by atoms with Crippen molar-refractivity contribution in [2.45, 2.75) is 45.5 Å². The summed E-state index contributed by atoms with van der Waals surface area (Å²) in [5.41, 5.74) is 3.50. The number of aryl methyl sites for hydroxylation is 1. The molecule has 0 bridgehead atoms.